The fourth-order valence-corrected chi connectivity index (χ4v) is 0.429. The molecule has 0 heterocycles. The third-order valence-electron chi connectivity index (χ3n) is 0.854. The third kappa shape index (κ3) is 0.780. The first kappa shape index (κ1) is 5.09. The van der Waals surface area contributed by atoms with Gasteiger partial charge in [0.25, 0.3) is 0 Å². The van der Waals surface area contributed by atoms with Crippen LogP contribution < -0.4 is 5.73 Å². The fourth-order valence-electron chi connectivity index (χ4n) is 0.429. The van der Waals surface area contributed by atoms with Crippen molar-refractivity contribution in [3.05, 3.63) is 30.3 Å². The molecule has 2 nitrogen and oxygen atoms in total. The molecule has 0 bridgehead atoms. The van der Waals surface area contributed by atoms with Crippen LogP contribution >= 0.6 is 0 Å². The van der Waals surface area contributed by atoms with Crippen molar-refractivity contribution in [2.45, 2.75) is 0 Å². The van der Waals surface area contributed by atoms with Crippen molar-refractivity contribution in [3.8, 4) is 0 Å². The molecule has 1 aliphatic carbocycles. The lowest BCUT2D eigenvalue weighted by Crippen LogP contribution is -2.10. The minimum atomic E-state index is -0.135. The van der Waals surface area contributed by atoms with Crippen LogP contribution in [0, 0.1) is 6.42 Å². The van der Waals surface area contributed by atoms with Crippen molar-refractivity contribution in [2.24, 2.45) is 5.73 Å². The Bertz CT molecular complexity index is 167. The van der Waals surface area contributed by atoms with Crippen LogP contribution in [0.3, 0.4) is 0 Å². The van der Waals surface area contributed by atoms with Crippen LogP contribution in [0.2, 0.25) is 0 Å². The van der Waals surface area contributed by atoms with Gasteiger partial charge in [0.05, 0.1) is 5.70 Å². The lowest BCUT2D eigenvalue weighted by Gasteiger charge is -1.96. The molecule has 1 rings (SSSR count). The Balaban J connectivity index is 2.78. The standard InChI is InChI=1S/C6H5NO/c7-5-3-1-2-4-6(5)8/h2-4H,7H2. The number of nitrogens with two attached hydrogens (primary N) is 1. The second-order valence-corrected chi connectivity index (χ2v) is 1.46. The van der Waals surface area contributed by atoms with E-state index < -0.39 is 0 Å². The van der Waals surface area contributed by atoms with E-state index in [2.05, 4.69) is 6.42 Å². The van der Waals surface area contributed by atoms with Crippen LogP contribution in [0.4, 0.5) is 0 Å². The van der Waals surface area contributed by atoms with E-state index in [1.807, 2.05) is 0 Å². The van der Waals surface area contributed by atoms with Crippen LogP contribution in [-0.4, -0.2) is 5.78 Å². The van der Waals surface area contributed by atoms with Crippen molar-refractivity contribution in [2.75, 3.05) is 0 Å². The smallest absolute Gasteiger partial charge is 0.200 e. The van der Waals surface area contributed by atoms with E-state index in [1.54, 1.807) is 6.08 Å². The Morgan fingerprint density at radius 2 is 2.38 bits per heavy atom. The van der Waals surface area contributed by atoms with Crippen molar-refractivity contribution < 1.29 is 4.79 Å². The van der Waals surface area contributed by atoms with Gasteiger partial charge in [0, 0.05) is 6.42 Å². The van der Waals surface area contributed by atoms with Crippen LogP contribution in [0.1, 0.15) is 0 Å². The largest absolute Gasteiger partial charge is 0.396 e. The van der Waals surface area contributed by atoms with Gasteiger partial charge < -0.3 is 5.73 Å². The Kier molecular flexibility index (Phi) is 1.16. The molecule has 2 heteroatoms. The van der Waals surface area contributed by atoms with Crippen molar-refractivity contribution in [1.29, 1.82) is 0 Å². The highest BCUT2D eigenvalue weighted by atomic mass is 16.1. The van der Waals surface area contributed by atoms with Gasteiger partial charge in [-0.2, -0.15) is 0 Å². The van der Waals surface area contributed by atoms with Gasteiger partial charge in [-0.15, -0.1) is 0 Å². The summed E-state index contributed by atoms with van der Waals surface area (Å²) in [6.07, 6.45) is 7.06. The van der Waals surface area contributed by atoms with Crippen molar-refractivity contribution in [3.63, 3.8) is 0 Å². The Morgan fingerprint density at radius 3 is 2.75 bits per heavy atom. The van der Waals surface area contributed by atoms with Gasteiger partial charge in [-0.1, -0.05) is 6.08 Å². The summed E-state index contributed by atoms with van der Waals surface area (Å²) >= 11 is 0. The maximum Gasteiger partial charge on any atom is 0.200 e. The molecule has 0 atom stereocenters. The van der Waals surface area contributed by atoms with Gasteiger partial charge in [-0.25, -0.2) is 0 Å². The summed E-state index contributed by atoms with van der Waals surface area (Å²) < 4.78 is 0. The maximum atomic E-state index is 10.5. The maximum absolute atomic E-state index is 10.5. The number of hydrogen-bond donors (Lipinski definition) is 1. The van der Waals surface area contributed by atoms with E-state index in [4.69, 9.17) is 5.73 Å². The molecule has 8 heavy (non-hydrogen) atoms. The predicted molar refractivity (Wildman–Crippen MR) is 29.7 cm³/mol. The highest BCUT2D eigenvalue weighted by Crippen LogP contribution is 1.98. The highest BCUT2D eigenvalue weighted by molar-refractivity contribution is 6.04. The van der Waals surface area contributed by atoms with Crippen LogP contribution in [0.25, 0.3) is 0 Å². The SMILES string of the molecule is NC1=C[C]C=CC1=O. The van der Waals surface area contributed by atoms with E-state index in [0.717, 1.165) is 0 Å². The molecule has 0 saturated carbocycles. The van der Waals surface area contributed by atoms with Crippen molar-refractivity contribution in [1.82, 2.24) is 0 Å². The summed E-state index contributed by atoms with van der Waals surface area (Å²) in [7, 11) is 0. The first-order valence-electron chi connectivity index (χ1n) is 2.23. The number of hydrogen-bond acceptors (Lipinski definition) is 2. The van der Waals surface area contributed by atoms with Gasteiger partial charge in [-0.3, -0.25) is 4.79 Å². The van der Waals surface area contributed by atoms with Gasteiger partial charge >= 0.3 is 0 Å². The first-order chi connectivity index (χ1) is 3.80. The summed E-state index contributed by atoms with van der Waals surface area (Å²) in [5.41, 5.74) is 5.43. The second kappa shape index (κ2) is 1.82. The minimum absolute atomic E-state index is 0.135. The van der Waals surface area contributed by atoms with Crippen molar-refractivity contribution >= 4 is 5.78 Å². The van der Waals surface area contributed by atoms with Gasteiger partial charge in [0.15, 0.2) is 0 Å². The van der Waals surface area contributed by atoms with E-state index >= 15 is 0 Å². The summed E-state index contributed by atoms with van der Waals surface area (Å²) in [4.78, 5) is 10.5. The first-order valence-corrected chi connectivity index (χ1v) is 2.23. The van der Waals surface area contributed by atoms with Crippen LogP contribution in [-0.2, 0) is 4.79 Å². The Labute approximate surface area is 47.7 Å². The average molecular weight is 107 g/mol. The van der Waals surface area contributed by atoms with Gasteiger partial charge in [-0.05, 0) is 12.2 Å². The lowest BCUT2D eigenvalue weighted by molar-refractivity contribution is -0.111. The quantitative estimate of drug-likeness (QED) is 0.475. The molecule has 0 aliphatic heterocycles. The zero-order valence-corrected chi connectivity index (χ0v) is 4.22. The monoisotopic (exact) mass is 107 g/mol. The van der Waals surface area contributed by atoms with Gasteiger partial charge in [0.2, 0.25) is 5.78 Å². The normalized spacial score (nSPS) is 18.5. The number of allylic oxidation sites excluding steroid dienone is 3. The van der Waals surface area contributed by atoms with E-state index in [0.29, 0.717) is 0 Å². The molecule has 1 aliphatic rings. The van der Waals surface area contributed by atoms with Crippen LogP contribution in [0.5, 0.6) is 0 Å². The summed E-state index contributed by atoms with van der Waals surface area (Å²) in [6, 6.07) is 0. The lowest BCUT2D eigenvalue weighted by atomic mass is 10.1. The molecule has 40 valence electrons. The summed E-state index contributed by atoms with van der Waals surface area (Å²) in [5, 5.41) is 0. The van der Waals surface area contributed by atoms with Crippen LogP contribution in [0.15, 0.2) is 23.9 Å². The number of rotatable bonds is 0. The second-order valence-electron chi connectivity index (χ2n) is 1.46. The number of ketones is 1. The number of carbonyl (C=O) groups is 1. The molecule has 0 fully saturated rings. The minimum Gasteiger partial charge on any atom is -0.396 e. The molecule has 0 spiro atoms. The topological polar surface area (TPSA) is 43.1 Å². The fraction of sp³-hybridized carbons (Fsp3) is 0. The summed E-state index contributed by atoms with van der Waals surface area (Å²) in [6.45, 7) is 0. The molecule has 0 amide bonds. The zero-order valence-electron chi connectivity index (χ0n) is 4.22. The molecule has 2 radical (unpaired) electrons. The molecule has 0 unspecified atom stereocenters. The molecule has 2 N–H and O–H groups in total. The Hall–Kier alpha value is -1.05. The molecule has 0 aromatic heterocycles. The van der Waals surface area contributed by atoms with E-state index in [9.17, 15) is 4.79 Å². The molecule has 0 aromatic carbocycles. The highest BCUT2D eigenvalue weighted by Gasteiger charge is 2.01. The van der Waals surface area contributed by atoms with E-state index in [1.165, 1.54) is 12.2 Å². The van der Waals surface area contributed by atoms with Gasteiger partial charge in [0.1, 0.15) is 0 Å². The van der Waals surface area contributed by atoms with E-state index in [-0.39, 0.29) is 11.5 Å². The summed E-state index contributed by atoms with van der Waals surface area (Å²) in [5.74, 6) is -0.135. The molecular formula is C6H5NO. The molecule has 0 saturated heterocycles. The Morgan fingerprint density at radius 1 is 1.62 bits per heavy atom. The third-order valence-corrected chi connectivity index (χ3v) is 0.854. The number of carbonyl (C=O) groups excluding carboxylic acids is 1. The average Bonchev–Trinajstić information content (AvgIpc) is 1.77. The molecular weight excluding hydrogens is 102 g/mol. The predicted octanol–water partition coefficient (Wildman–Crippen LogP) is 0.0492. The molecule has 0 aromatic rings. The zero-order chi connectivity index (χ0) is 5.98.